The van der Waals surface area contributed by atoms with Crippen LogP contribution in [0.4, 0.5) is 0 Å². The summed E-state index contributed by atoms with van der Waals surface area (Å²) in [4.78, 5) is 22.8. The number of hydrogen-bond acceptors (Lipinski definition) is 3. The third-order valence-electron chi connectivity index (χ3n) is 2.55. The Hall–Kier alpha value is -1.35. The Morgan fingerprint density at radius 1 is 1.35 bits per heavy atom. The van der Waals surface area contributed by atoms with Gasteiger partial charge in [-0.2, -0.15) is 0 Å². The van der Waals surface area contributed by atoms with Crippen molar-refractivity contribution in [2.75, 3.05) is 13.0 Å². The molecule has 1 aromatic carbocycles. The van der Waals surface area contributed by atoms with E-state index in [2.05, 4.69) is 4.74 Å². The molecule has 4 heteroatoms. The summed E-state index contributed by atoms with van der Waals surface area (Å²) in [5.41, 5.74) is 2.42. The number of ketones is 1. The highest BCUT2D eigenvalue weighted by atomic mass is 35.5. The van der Waals surface area contributed by atoms with Crippen molar-refractivity contribution < 1.29 is 14.3 Å². The molecule has 0 unspecified atom stereocenters. The summed E-state index contributed by atoms with van der Waals surface area (Å²) in [7, 11) is 1.36. The number of alkyl halides is 1. The van der Waals surface area contributed by atoms with Gasteiger partial charge in [-0.3, -0.25) is 9.59 Å². The first kappa shape index (κ1) is 13.7. The minimum atomic E-state index is -0.284. The SMILES string of the molecule is COC(=O)Cc1ccc(C(=O)CCCl)cc1C. The lowest BCUT2D eigenvalue weighted by Gasteiger charge is -2.06. The van der Waals surface area contributed by atoms with Crippen molar-refractivity contribution >= 4 is 23.4 Å². The second-order valence-electron chi connectivity index (χ2n) is 3.76. The number of esters is 1. The number of rotatable bonds is 5. The normalized spacial score (nSPS) is 10.1. The van der Waals surface area contributed by atoms with Crippen LogP contribution in [0.15, 0.2) is 18.2 Å². The van der Waals surface area contributed by atoms with Crippen LogP contribution in [0, 0.1) is 6.92 Å². The lowest BCUT2D eigenvalue weighted by Crippen LogP contribution is -2.07. The number of benzene rings is 1. The first-order valence-corrected chi connectivity index (χ1v) is 5.87. The highest BCUT2D eigenvalue weighted by Crippen LogP contribution is 2.14. The number of carbonyl (C=O) groups excluding carboxylic acids is 2. The molecular weight excluding hydrogens is 240 g/mol. The number of carbonyl (C=O) groups is 2. The number of halogens is 1. The highest BCUT2D eigenvalue weighted by molar-refractivity contribution is 6.19. The molecule has 0 atom stereocenters. The fourth-order valence-corrected chi connectivity index (χ4v) is 1.70. The van der Waals surface area contributed by atoms with Crippen molar-refractivity contribution in [1.29, 1.82) is 0 Å². The van der Waals surface area contributed by atoms with Gasteiger partial charge in [0.15, 0.2) is 5.78 Å². The Kier molecular flexibility index (Phi) is 5.16. The Bertz CT molecular complexity index is 427. The number of hydrogen-bond donors (Lipinski definition) is 0. The Balaban J connectivity index is 2.86. The van der Waals surface area contributed by atoms with Gasteiger partial charge in [-0.1, -0.05) is 12.1 Å². The molecule has 0 aromatic heterocycles. The molecule has 0 aliphatic heterocycles. The minimum Gasteiger partial charge on any atom is -0.469 e. The van der Waals surface area contributed by atoms with Crippen LogP contribution in [-0.2, 0) is 16.0 Å². The van der Waals surface area contributed by atoms with Crippen LogP contribution in [-0.4, -0.2) is 24.7 Å². The number of Topliss-reactive ketones (excluding diaryl/α,β-unsaturated/α-hetero) is 1. The molecule has 0 fully saturated rings. The Labute approximate surface area is 106 Å². The summed E-state index contributed by atoms with van der Waals surface area (Å²) in [6.07, 6.45) is 0.559. The van der Waals surface area contributed by atoms with Crippen molar-refractivity contribution in [1.82, 2.24) is 0 Å². The zero-order valence-corrected chi connectivity index (χ0v) is 10.7. The van der Waals surface area contributed by atoms with E-state index in [-0.39, 0.29) is 18.2 Å². The smallest absolute Gasteiger partial charge is 0.309 e. The van der Waals surface area contributed by atoms with Crippen LogP contribution in [0.5, 0.6) is 0 Å². The summed E-state index contributed by atoms with van der Waals surface area (Å²) < 4.78 is 4.60. The molecule has 0 N–H and O–H groups in total. The molecule has 0 aliphatic rings. The molecule has 17 heavy (non-hydrogen) atoms. The van der Waals surface area contributed by atoms with Gasteiger partial charge in [0.25, 0.3) is 0 Å². The Morgan fingerprint density at radius 3 is 2.59 bits per heavy atom. The van der Waals surface area contributed by atoms with E-state index in [0.29, 0.717) is 17.9 Å². The summed E-state index contributed by atoms with van der Waals surface area (Å²) in [6.45, 7) is 1.87. The van der Waals surface area contributed by atoms with Gasteiger partial charge < -0.3 is 4.74 Å². The van der Waals surface area contributed by atoms with Gasteiger partial charge in [0, 0.05) is 17.9 Å². The zero-order chi connectivity index (χ0) is 12.8. The van der Waals surface area contributed by atoms with Crippen LogP contribution < -0.4 is 0 Å². The lowest BCUT2D eigenvalue weighted by molar-refractivity contribution is -0.139. The van der Waals surface area contributed by atoms with Crippen molar-refractivity contribution in [2.45, 2.75) is 19.8 Å². The first-order chi connectivity index (χ1) is 8.08. The zero-order valence-electron chi connectivity index (χ0n) is 9.96. The van der Waals surface area contributed by atoms with E-state index in [0.717, 1.165) is 11.1 Å². The standard InChI is InChI=1S/C13H15ClO3/c1-9-7-11(12(15)5-6-14)4-3-10(9)8-13(16)17-2/h3-4,7H,5-6,8H2,1-2H3. The van der Waals surface area contributed by atoms with E-state index in [4.69, 9.17) is 11.6 Å². The predicted molar refractivity (Wildman–Crippen MR) is 66.6 cm³/mol. The van der Waals surface area contributed by atoms with Gasteiger partial charge in [0.2, 0.25) is 0 Å². The summed E-state index contributed by atoms with van der Waals surface area (Å²) in [5.74, 6) is 0.0579. The molecule has 0 bridgehead atoms. The molecule has 0 heterocycles. The quantitative estimate of drug-likeness (QED) is 0.461. The monoisotopic (exact) mass is 254 g/mol. The molecular formula is C13H15ClO3. The summed E-state index contributed by atoms with van der Waals surface area (Å²) in [5, 5.41) is 0. The molecule has 1 aromatic rings. The molecule has 0 spiro atoms. The van der Waals surface area contributed by atoms with Crippen LogP contribution in [0.1, 0.15) is 27.9 Å². The van der Waals surface area contributed by atoms with Crippen LogP contribution in [0.25, 0.3) is 0 Å². The van der Waals surface area contributed by atoms with E-state index in [1.54, 1.807) is 18.2 Å². The number of aryl methyl sites for hydroxylation is 1. The fraction of sp³-hybridized carbons (Fsp3) is 0.385. The minimum absolute atomic E-state index is 0.0210. The first-order valence-electron chi connectivity index (χ1n) is 5.34. The number of ether oxygens (including phenoxy) is 1. The molecule has 3 nitrogen and oxygen atoms in total. The van der Waals surface area contributed by atoms with Crippen molar-refractivity contribution in [3.63, 3.8) is 0 Å². The number of methoxy groups -OCH3 is 1. The second kappa shape index (κ2) is 6.40. The largest absolute Gasteiger partial charge is 0.469 e. The topological polar surface area (TPSA) is 43.4 Å². The molecule has 0 aliphatic carbocycles. The Morgan fingerprint density at radius 2 is 2.06 bits per heavy atom. The average molecular weight is 255 g/mol. The van der Waals surface area contributed by atoms with Gasteiger partial charge in [0.05, 0.1) is 13.5 Å². The molecule has 0 amide bonds. The molecule has 0 saturated heterocycles. The van der Waals surface area contributed by atoms with Crippen LogP contribution in [0.2, 0.25) is 0 Å². The van der Waals surface area contributed by atoms with Crippen molar-refractivity contribution in [3.05, 3.63) is 34.9 Å². The van der Waals surface area contributed by atoms with Crippen molar-refractivity contribution in [2.24, 2.45) is 0 Å². The third-order valence-corrected chi connectivity index (χ3v) is 2.74. The average Bonchev–Trinajstić information content (AvgIpc) is 2.31. The van der Waals surface area contributed by atoms with E-state index < -0.39 is 0 Å². The van der Waals surface area contributed by atoms with E-state index in [9.17, 15) is 9.59 Å². The highest BCUT2D eigenvalue weighted by Gasteiger charge is 2.09. The summed E-state index contributed by atoms with van der Waals surface area (Å²) >= 11 is 5.52. The van der Waals surface area contributed by atoms with Crippen molar-refractivity contribution in [3.8, 4) is 0 Å². The third kappa shape index (κ3) is 3.86. The van der Waals surface area contributed by atoms with Crippen LogP contribution >= 0.6 is 11.6 Å². The molecule has 92 valence electrons. The maximum absolute atomic E-state index is 11.6. The van der Waals surface area contributed by atoms with Gasteiger partial charge in [-0.15, -0.1) is 11.6 Å². The van der Waals surface area contributed by atoms with E-state index in [1.807, 2.05) is 6.92 Å². The van der Waals surface area contributed by atoms with Gasteiger partial charge in [-0.05, 0) is 24.1 Å². The fourth-order valence-electron chi connectivity index (χ4n) is 1.53. The van der Waals surface area contributed by atoms with Gasteiger partial charge in [-0.25, -0.2) is 0 Å². The van der Waals surface area contributed by atoms with Crippen LogP contribution in [0.3, 0.4) is 0 Å². The maximum Gasteiger partial charge on any atom is 0.309 e. The maximum atomic E-state index is 11.6. The predicted octanol–water partition coefficient (Wildman–Crippen LogP) is 2.52. The van der Waals surface area contributed by atoms with E-state index >= 15 is 0 Å². The lowest BCUT2D eigenvalue weighted by atomic mass is 10.00. The second-order valence-corrected chi connectivity index (χ2v) is 4.13. The molecule has 0 radical (unpaired) electrons. The molecule has 0 saturated carbocycles. The summed E-state index contributed by atoms with van der Waals surface area (Å²) in [6, 6.07) is 5.29. The van der Waals surface area contributed by atoms with E-state index in [1.165, 1.54) is 7.11 Å². The van der Waals surface area contributed by atoms with Gasteiger partial charge in [0.1, 0.15) is 0 Å². The molecule has 1 rings (SSSR count). The van der Waals surface area contributed by atoms with Gasteiger partial charge >= 0.3 is 5.97 Å².